The first-order chi connectivity index (χ1) is 8.58. The largest absolute Gasteiger partial charge is 0.477 e. The Balaban J connectivity index is 2.22. The van der Waals surface area contributed by atoms with Crippen LogP contribution in [-0.2, 0) is 0 Å². The molecule has 0 aliphatic heterocycles. The van der Waals surface area contributed by atoms with Gasteiger partial charge in [0.2, 0.25) is 0 Å². The quantitative estimate of drug-likeness (QED) is 0.902. The van der Waals surface area contributed by atoms with Gasteiger partial charge < -0.3 is 5.11 Å². The summed E-state index contributed by atoms with van der Waals surface area (Å²) in [4.78, 5) is 15.9. The predicted octanol–water partition coefficient (Wildman–Crippen LogP) is 3.03. The molecule has 1 aliphatic rings. The van der Waals surface area contributed by atoms with Gasteiger partial charge in [-0.15, -0.1) is 0 Å². The van der Waals surface area contributed by atoms with E-state index in [9.17, 15) is 9.90 Å². The molecule has 2 heterocycles. The van der Waals surface area contributed by atoms with Crippen LogP contribution in [0.3, 0.4) is 0 Å². The van der Waals surface area contributed by atoms with Crippen LogP contribution in [-0.4, -0.2) is 20.5 Å². The number of pyridine rings is 1. The van der Waals surface area contributed by atoms with Crippen LogP contribution in [0, 0.1) is 0 Å². The Kier molecular flexibility index (Phi) is 2.40. The zero-order valence-electron chi connectivity index (χ0n) is 10.6. The molecule has 1 fully saturated rings. The Bertz CT molecular complexity index is 624. The lowest BCUT2D eigenvalue weighted by atomic mass is 10.1. The molecule has 1 aliphatic carbocycles. The fraction of sp³-hybridized carbons (Fsp3) is 0.429. The average molecular weight is 244 g/mol. The smallest absolute Gasteiger partial charge is 0.354 e. The van der Waals surface area contributed by atoms with Crippen molar-refractivity contribution in [2.75, 3.05) is 0 Å². The second-order valence-corrected chi connectivity index (χ2v) is 5.27. The van der Waals surface area contributed by atoms with Crippen molar-refractivity contribution in [1.82, 2.24) is 9.38 Å². The summed E-state index contributed by atoms with van der Waals surface area (Å²) in [6.45, 7) is 3.94. The number of hydrogen-bond acceptors (Lipinski definition) is 2. The minimum absolute atomic E-state index is 0.111. The minimum atomic E-state index is -0.912. The van der Waals surface area contributed by atoms with E-state index in [1.807, 2.05) is 32.2 Å². The molecule has 4 nitrogen and oxygen atoms in total. The van der Waals surface area contributed by atoms with Gasteiger partial charge in [-0.3, -0.25) is 4.40 Å². The molecule has 3 rings (SSSR count). The third-order valence-corrected chi connectivity index (χ3v) is 3.48. The summed E-state index contributed by atoms with van der Waals surface area (Å²) in [5, 5.41) is 9.33. The zero-order chi connectivity index (χ0) is 12.9. The average Bonchev–Trinajstić information content (AvgIpc) is 3.07. The van der Waals surface area contributed by atoms with E-state index in [1.54, 1.807) is 4.40 Å². The molecule has 0 radical (unpaired) electrons. The normalized spacial score (nSPS) is 15.5. The number of fused-ring (bicyclic) bond motifs is 1. The summed E-state index contributed by atoms with van der Waals surface area (Å²) in [5.41, 5.74) is 2.98. The van der Waals surface area contributed by atoms with Crippen LogP contribution in [0.1, 0.15) is 60.3 Å². The maximum atomic E-state index is 11.4. The molecule has 0 amide bonds. The fourth-order valence-corrected chi connectivity index (χ4v) is 2.36. The Morgan fingerprint density at radius 1 is 1.50 bits per heavy atom. The van der Waals surface area contributed by atoms with Crippen molar-refractivity contribution in [3.05, 3.63) is 35.3 Å². The maximum absolute atomic E-state index is 11.4. The van der Waals surface area contributed by atoms with Gasteiger partial charge in [-0.05, 0) is 42.4 Å². The van der Waals surface area contributed by atoms with E-state index in [-0.39, 0.29) is 5.92 Å². The molecule has 2 aromatic heterocycles. The van der Waals surface area contributed by atoms with E-state index in [1.165, 1.54) is 18.4 Å². The number of carbonyl (C=O) groups is 1. The number of hydrogen-bond donors (Lipinski definition) is 1. The molecule has 18 heavy (non-hydrogen) atoms. The number of aromatic carboxylic acids is 1. The molecule has 1 N–H and O–H groups in total. The van der Waals surface area contributed by atoms with Gasteiger partial charge in [0, 0.05) is 6.20 Å². The second-order valence-electron chi connectivity index (χ2n) is 5.27. The molecule has 4 heteroatoms. The lowest BCUT2D eigenvalue weighted by molar-refractivity contribution is 0.0687. The third-order valence-electron chi connectivity index (χ3n) is 3.48. The summed E-state index contributed by atoms with van der Waals surface area (Å²) in [6.07, 6.45) is 4.31. The van der Waals surface area contributed by atoms with Gasteiger partial charge in [-0.25, -0.2) is 9.78 Å². The van der Waals surface area contributed by atoms with Crippen LogP contribution < -0.4 is 0 Å². The monoisotopic (exact) mass is 244 g/mol. The second kappa shape index (κ2) is 3.83. The molecule has 0 atom stereocenters. The Morgan fingerprint density at radius 2 is 2.22 bits per heavy atom. The van der Waals surface area contributed by atoms with E-state index in [4.69, 9.17) is 0 Å². The van der Waals surface area contributed by atoms with Crippen molar-refractivity contribution < 1.29 is 9.90 Å². The van der Waals surface area contributed by atoms with E-state index >= 15 is 0 Å². The predicted molar refractivity (Wildman–Crippen MR) is 68.2 cm³/mol. The molecular weight excluding hydrogens is 228 g/mol. The highest BCUT2D eigenvalue weighted by Gasteiger charge is 2.25. The van der Waals surface area contributed by atoms with E-state index in [2.05, 4.69) is 4.98 Å². The SMILES string of the molecule is CC(C)c1nc2cc(C3CC3)ccn2c1C(=O)O. The molecule has 0 bridgehead atoms. The molecule has 0 unspecified atom stereocenters. The Labute approximate surface area is 105 Å². The first kappa shape index (κ1) is 11.3. The highest BCUT2D eigenvalue weighted by molar-refractivity contribution is 5.88. The summed E-state index contributed by atoms with van der Waals surface area (Å²) in [5.74, 6) is -0.145. The Hall–Kier alpha value is -1.84. The van der Waals surface area contributed by atoms with Crippen LogP contribution in [0.5, 0.6) is 0 Å². The van der Waals surface area contributed by atoms with Crippen molar-refractivity contribution in [3.8, 4) is 0 Å². The zero-order valence-corrected chi connectivity index (χ0v) is 10.6. The minimum Gasteiger partial charge on any atom is -0.477 e. The van der Waals surface area contributed by atoms with Gasteiger partial charge in [0.25, 0.3) is 0 Å². The number of carboxylic acids is 1. The van der Waals surface area contributed by atoms with Crippen molar-refractivity contribution in [2.24, 2.45) is 0 Å². The first-order valence-electron chi connectivity index (χ1n) is 6.33. The van der Waals surface area contributed by atoms with Gasteiger partial charge in [0.1, 0.15) is 5.65 Å². The van der Waals surface area contributed by atoms with Gasteiger partial charge in [-0.2, -0.15) is 0 Å². The number of aromatic nitrogens is 2. The van der Waals surface area contributed by atoms with E-state index in [0.29, 0.717) is 17.3 Å². The summed E-state index contributed by atoms with van der Waals surface area (Å²) in [6, 6.07) is 4.04. The number of nitrogens with zero attached hydrogens (tertiary/aromatic N) is 2. The van der Waals surface area contributed by atoms with Crippen LogP contribution >= 0.6 is 0 Å². The van der Waals surface area contributed by atoms with Crippen LogP contribution in [0.15, 0.2) is 18.3 Å². The lowest BCUT2D eigenvalue weighted by Crippen LogP contribution is -2.06. The number of imidazole rings is 1. The highest BCUT2D eigenvalue weighted by atomic mass is 16.4. The molecule has 0 aromatic carbocycles. The van der Waals surface area contributed by atoms with Crippen molar-refractivity contribution in [3.63, 3.8) is 0 Å². The fourth-order valence-electron chi connectivity index (χ4n) is 2.36. The topological polar surface area (TPSA) is 54.6 Å². The van der Waals surface area contributed by atoms with Gasteiger partial charge in [0.15, 0.2) is 5.69 Å². The van der Waals surface area contributed by atoms with E-state index < -0.39 is 5.97 Å². The van der Waals surface area contributed by atoms with Crippen LogP contribution in [0.25, 0.3) is 5.65 Å². The molecule has 0 saturated heterocycles. The summed E-state index contributed by atoms with van der Waals surface area (Å²) in [7, 11) is 0. The molecule has 94 valence electrons. The molecule has 0 spiro atoms. The summed E-state index contributed by atoms with van der Waals surface area (Å²) >= 11 is 0. The molecule has 1 saturated carbocycles. The lowest BCUT2D eigenvalue weighted by Gasteiger charge is -2.03. The first-order valence-corrected chi connectivity index (χ1v) is 6.33. The standard InChI is InChI=1S/C14H16N2O2/c1-8(2)12-13(14(17)18)16-6-5-10(9-3-4-9)7-11(16)15-12/h5-9H,3-4H2,1-2H3,(H,17,18). The maximum Gasteiger partial charge on any atom is 0.354 e. The molecular formula is C14H16N2O2. The van der Waals surface area contributed by atoms with Gasteiger partial charge in [0.05, 0.1) is 5.69 Å². The summed E-state index contributed by atoms with van der Waals surface area (Å²) < 4.78 is 1.68. The third kappa shape index (κ3) is 1.68. The molecule has 2 aromatic rings. The van der Waals surface area contributed by atoms with E-state index in [0.717, 1.165) is 5.65 Å². The van der Waals surface area contributed by atoms with Crippen LogP contribution in [0.2, 0.25) is 0 Å². The highest BCUT2D eigenvalue weighted by Crippen LogP contribution is 2.40. The van der Waals surface area contributed by atoms with Crippen molar-refractivity contribution in [2.45, 2.75) is 38.5 Å². The van der Waals surface area contributed by atoms with Gasteiger partial charge >= 0.3 is 5.97 Å². The number of rotatable bonds is 3. The number of carboxylic acid groups (broad SMARTS) is 1. The van der Waals surface area contributed by atoms with Gasteiger partial charge in [-0.1, -0.05) is 13.8 Å². The van der Waals surface area contributed by atoms with Crippen molar-refractivity contribution in [1.29, 1.82) is 0 Å². The Morgan fingerprint density at radius 3 is 2.78 bits per heavy atom. The van der Waals surface area contributed by atoms with Crippen LogP contribution in [0.4, 0.5) is 0 Å². The van der Waals surface area contributed by atoms with Crippen molar-refractivity contribution >= 4 is 11.6 Å².